The van der Waals surface area contributed by atoms with E-state index >= 15 is 0 Å². The summed E-state index contributed by atoms with van der Waals surface area (Å²) in [5.74, 6) is 0. The van der Waals surface area contributed by atoms with Gasteiger partial charge in [0.2, 0.25) is 10.0 Å². The number of hydrogen-bond donors (Lipinski definition) is 1. The number of sulfonamides is 1. The molecule has 5 heteroatoms. The summed E-state index contributed by atoms with van der Waals surface area (Å²) in [7, 11) is -3.51. The van der Waals surface area contributed by atoms with Crippen LogP contribution in [0.4, 0.5) is 0 Å². The van der Waals surface area contributed by atoms with E-state index in [1.165, 1.54) is 5.56 Å². The van der Waals surface area contributed by atoms with Gasteiger partial charge in [-0.25, -0.2) is 13.1 Å². The molecule has 0 aliphatic carbocycles. The Morgan fingerprint density at radius 2 is 1.62 bits per heavy atom. The van der Waals surface area contributed by atoms with Crippen molar-refractivity contribution >= 4 is 26.0 Å². The van der Waals surface area contributed by atoms with Gasteiger partial charge in [0.15, 0.2) is 0 Å². The van der Waals surface area contributed by atoms with E-state index in [0.717, 1.165) is 16.5 Å². The first-order chi connectivity index (χ1) is 9.92. The fraction of sp³-hybridized carbons (Fsp3) is 0.250. The predicted molar refractivity (Wildman–Crippen MR) is 88.7 cm³/mol. The van der Waals surface area contributed by atoms with Crippen LogP contribution in [0.5, 0.6) is 0 Å². The van der Waals surface area contributed by atoms with Crippen LogP contribution in [-0.4, -0.2) is 8.42 Å². The average molecular weight is 368 g/mol. The minimum atomic E-state index is -3.51. The van der Waals surface area contributed by atoms with E-state index in [4.69, 9.17) is 0 Å². The zero-order valence-corrected chi connectivity index (χ0v) is 14.4. The SMILES string of the molecule is CCc1ccc(C(C)NS(=O)(=O)c2ccc(Br)cc2)cc1. The molecule has 112 valence electrons. The third kappa shape index (κ3) is 4.15. The van der Waals surface area contributed by atoms with Gasteiger partial charge in [0.25, 0.3) is 0 Å². The van der Waals surface area contributed by atoms with Crippen LogP contribution in [0.1, 0.15) is 31.0 Å². The molecule has 2 aromatic carbocycles. The van der Waals surface area contributed by atoms with E-state index in [1.54, 1.807) is 24.3 Å². The molecule has 1 unspecified atom stereocenters. The van der Waals surface area contributed by atoms with Gasteiger partial charge in [-0.2, -0.15) is 0 Å². The van der Waals surface area contributed by atoms with Crippen LogP contribution in [0.25, 0.3) is 0 Å². The van der Waals surface area contributed by atoms with Crippen molar-refractivity contribution in [2.24, 2.45) is 0 Å². The molecule has 0 aliphatic rings. The number of hydrogen-bond acceptors (Lipinski definition) is 2. The van der Waals surface area contributed by atoms with Crippen LogP contribution in [0, 0.1) is 0 Å². The Balaban J connectivity index is 2.17. The van der Waals surface area contributed by atoms with Crippen molar-refractivity contribution in [1.82, 2.24) is 4.72 Å². The lowest BCUT2D eigenvalue weighted by Gasteiger charge is -2.15. The second-order valence-corrected chi connectivity index (χ2v) is 7.52. The molecule has 1 N–H and O–H groups in total. The van der Waals surface area contributed by atoms with Crippen LogP contribution in [0.3, 0.4) is 0 Å². The molecule has 3 nitrogen and oxygen atoms in total. The molecule has 0 spiro atoms. The van der Waals surface area contributed by atoms with Gasteiger partial charge in [-0.05, 0) is 48.7 Å². The van der Waals surface area contributed by atoms with E-state index in [0.29, 0.717) is 0 Å². The second kappa shape index (κ2) is 6.73. The molecule has 0 aromatic heterocycles. The first kappa shape index (κ1) is 16.2. The molecule has 21 heavy (non-hydrogen) atoms. The molecule has 0 bridgehead atoms. The molecule has 0 fully saturated rings. The van der Waals surface area contributed by atoms with Crippen LogP contribution < -0.4 is 4.72 Å². The van der Waals surface area contributed by atoms with Crippen LogP contribution in [-0.2, 0) is 16.4 Å². The Morgan fingerprint density at radius 1 is 1.05 bits per heavy atom. The summed E-state index contributed by atoms with van der Waals surface area (Å²) in [5, 5.41) is 0. The molecule has 0 radical (unpaired) electrons. The smallest absolute Gasteiger partial charge is 0.207 e. The summed E-state index contributed by atoms with van der Waals surface area (Å²) in [4.78, 5) is 0.266. The highest BCUT2D eigenvalue weighted by molar-refractivity contribution is 9.10. The van der Waals surface area contributed by atoms with Crippen LogP contribution in [0.2, 0.25) is 0 Å². The van der Waals surface area contributed by atoms with E-state index in [2.05, 4.69) is 27.6 Å². The average Bonchev–Trinajstić information content (AvgIpc) is 2.47. The normalized spacial score (nSPS) is 13.1. The summed E-state index contributed by atoms with van der Waals surface area (Å²) in [6.45, 7) is 3.94. The standard InChI is InChI=1S/C16H18BrNO2S/c1-3-13-4-6-14(7-5-13)12(2)18-21(19,20)16-10-8-15(17)9-11-16/h4-12,18H,3H2,1-2H3. The van der Waals surface area contributed by atoms with Gasteiger partial charge in [0.05, 0.1) is 4.90 Å². The van der Waals surface area contributed by atoms with Gasteiger partial charge < -0.3 is 0 Å². The van der Waals surface area contributed by atoms with Crippen LogP contribution >= 0.6 is 15.9 Å². The van der Waals surface area contributed by atoms with Gasteiger partial charge in [0.1, 0.15) is 0 Å². The Labute approximate surface area is 134 Å². The third-order valence-corrected chi connectivity index (χ3v) is 5.43. The Bertz CT molecular complexity index is 694. The van der Waals surface area contributed by atoms with Gasteiger partial charge in [-0.1, -0.05) is 47.1 Å². The topological polar surface area (TPSA) is 46.2 Å². The number of rotatable bonds is 5. The zero-order valence-electron chi connectivity index (χ0n) is 12.0. The highest BCUT2D eigenvalue weighted by Gasteiger charge is 2.18. The maximum atomic E-state index is 12.3. The van der Waals surface area contributed by atoms with E-state index in [-0.39, 0.29) is 10.9 Å². The Kier molecular flexibility index (Phi) is 5.19. The van der Waals surface area contributed by atoms with Crippen molar-refractivity contribution in [1.29, 1.82) is 0 Å². The molecule has 2 aromatic rings. The van der Waals surface area contributed by atoms with E-state index in [1.807, 2.05) is 31.2 Å². The maximum absolute atomic E-state index is 12.3. The Hall–Kier alpha value is -1.17. The molecule has 0 amide bonds. The van der Waals surface area contributed by atoms with Crippen molar-refractivity contribution in [2.75, 3.05) is 0 Å². The minimum Gasteiger partial charge on any atom is -0.207 e. The molecule has 0 saturated heterocycles. The van der Waals surface area contributed by atoms with Crippen molar-refractivity contribution in [3.05, 3.63) is 64.1 Å². The zero-order chi connectivity index (χ0) is 15.5. The van der Waals surface area contributed by atoms with Crippen molar-refractivity contribution < 1.29 is 8.42 Å². The van der Waals surface area contributed by atoms with Crippen molar-refractivity contribution in [3.63, 3.8) is 0 Å². The van der Waals surface area contributed by atoms with E-state index in [9.17, 15) is 8.42 Å². The summed E-state index contributed by atoms with van der Waals surface area (Å²) < 4.78 is 28.2. The lowest BCUT2D eigenvalue weighted by molar-refractivity contribution is 0.567. The highest BCUT2D eigenvalue weighted by atomic mass is 79.9. The van der Waals surface area contributed by atoms with Gasteiger partial charge in [-0.3, -0.25) is 0 Å². The molecule has 0 heterocycles. The van der Waals surface area contributed by atoms with Gasteiger partial charge in [0, 0.05) is 10.5 Å². The monoisotopic (exact) mass is 367 g/mol. The van der Waals surface area contributed by atoms with E-state index < -0.39 is 10.0 Å². The molecule has 0 aliphatic heterocycles. The summed E-state index contributed by atoms with van der Waals surface area (Å²) in [5.41, 5.74) is 2.19. The molecule has 0 saturated carbocycles. The summed E-state index contributed by atoms with van der Waals surface area (Å²) in [6.07, 6.45) is 0.972. The minimum absolute atomic E-state index is 0.266. The predicted octanol–water partition coefficient (Wildman–Crippen LogP) is 4.05. The lowest BCUT2D eigenvalue weighted by Crippen LogP contribution is -2.26. The van der Waals surface area contributed by atoms with Gasteiger partial charge >= 0.3 is 0 Å². The number of halogens is 1. The van der Waals surface area contributed by atoms with Crippen LogP contribution in [0.15, 0.2) is 57.9 Å². The number of aryl methyl sites for hydroxylation is 1. The fourth-order valence-corrected chi connectivity index (χ4v) is 3.52. The highest BCUT2D eigenvalue weighted by Crippen LogP contribution is 2.19. The molecular formula is C16H18BrNO2S. The Morgan fingerprint density at radius 3 is 2.14 bits per heavy atom. The van der Waals surface area contributed by atoms with Crippen molar-refractivity contribution in [2.45, 2.75) is 31.2 Å². The van der Waals surface area contributed by atoms with Crippen molar-refractivity contribution in [3.8, 4) is 0 Å². The maximum Gasteiger partial charge on any atom is 0.241 e. The second-order valence-electron chi connectivity index (χ2n) is 4.89. The number of benzene rings is 2. The quantitative estimate of drug-likeness (QED) is 0.866. The molecule has 1 atom stereocenters. The first-order valence-electron chi connectivity index (χ1n) is 6.79. The summed E-state index contributed by atoms with van der Waals surface area (Å²) >= 11 is 3.30. The lowest BCUT2D eigenvalue weighted by atomic mass is 10.1. The molecule has 2 rings (SSSR count). The fourth-order valence-electron chi connectivity index (χ4n) is 2.02. The first-order valence-corrected chi connectivity index (χ1v) is 9.06. The number of nitrogens with one attached hydrogen (secondary N) is 1. The van der Waals surface area contributed by atoms with Gasteiger partial charge in [-0.15, -0.1) is 0 Å². The third-order valence-electron chi connectivity index (χ3n) is 3.34. The molecular weight excluding hydrogens is 350 g/mol. The summed E-state index contributed by atoms with van der Waals surface area (Å²) in [6, 6.07) is 14.3. The largest absolute Gasteiger partial charge is 0.241 e.